The zero-order valence-electron chi connectivity index (χ0n) is 18.6. The summed E-state index contributed by atoms with van der Waals surface area (Å²) in [6.45, 7) is 6.00. The molecule has 2 aromatic heterocycles. The summed E-state index contributed by atoms with van der Waals surface area (Å²) in [5.74, 6) is 0.449. The Balaban J connectivity index is 1.59. The molecule has 0 aliphatic heterocycles. The Kier molecular flexibility index (Phi) is 6.15. The number of rotatable bonds is 6. The number of fused-ring (bicyclic) bond motifs is 1. The van der Waals surface area contributed by atoms with Crippen molar-refractivity contribution >= 4 is 28.8 Å². The van der Waals surface area contributed by atoms with E-state index in [9.17, 15) is 4.79 Å². The number of nitrogens with zero attached hydrogens (tertiary/aromatic N) is 3. The lowest BCUT2D eigenvalue weighted by Crippen LogP contribution is -2.15. The van der Waals surface area contributed by atoms with E-state index in [1.807, 2.05) is 43.5 Å². The highest BCUT2D eigenvalue weighted by Crippen LogP contribution is 2.30. The quantitative estimate of drug-likeness (QED) is 0.419. The minimum absolute atomic E-state index is 0.119. The van der Waals surface area contributed by atoms with Crippen molar-refractivity contribution < 1.29 is 9.53 Å². The normalized spacial score (nSPS) is 11.0. The predicted molar refractivity (Wildman–Crippen MR) is 128 cm³/mol. The number of hydrogen-bond acceptors (Lipinski definition) is 4. The van der Waals surface area contributed by atoms with Crippen LogP contribution >= 0.6 is 11.6 Å². The Labute approximate surface area is 192 Å². The summed E-state index contributed by atoms with van der Waals surface area (Å²) < 4.78 is 7.19. The van der Waals surface area contributed by atoms with Crippen molar-refractivity contribution in [2.45, 2.75) is 33.6 Å². The second-order valence-corrected chi connectivity index (χ2v) is 8.15. The van der Waals surface area contributed by atoms with E-state index in [4.69, 9.17) is 26.4 Å². The summed E-state index contributed by atoms with van der Waals surface area (Å²) >= 11 is 6.06. The van der Waals surface area contributed by atoms with Crippen molar-refractivity contribution in [1.29, 1.82) is 0 Å². The van der Waals surface area contributed by atoms with Crippen LogP contribution in [0, 0.1) is 20.8 Å². The molecular weight excluding hydrogens is 424 g/mol. The van der Waals surface area contributed by atoms with Gasteiger partial charge < -0.3 is 10.1 Å². The molecule has 4 rings (SSSR count). The van der Waals surface area contributed by atoms with Gasteiger partial charge in [-0.05, 0) is 56.5 Å². The number of carbonyl (C=O) groups excluding carboxylic acids is 1. The van der Waals surface area contributed by atoms with Crippen LogP contribution in [0.4, 0.5) is 5.69 Å². The fourth-order valence-electron chi connectivity index (χ4n) is 4.00. The first kappa shape index (κ1) is 21.8. The van der Waals surface area contributed by atoms with Gasteiger partial charge in [0.25, 0.3) is 0 Å². The molecule has 0 aliphatic rings. The van der Waals surface area contributed by atoms with Crippen LogP contribution in [0.1, 0.15) is 29.1 Å². The number of amides is 1. The van der Waals surface area contributed by atoms with Crippen LogP contribution < -0.4 is 10.1 Å². The first-order chi connectivity index (χ1) is 15.4. The largest absolute Gasteiger partial charge is 0.495 e. The van der Waals surface area contributed by atoms with Crippen LogP contribution in [0.3, 0.4) is 0 Å². The molecule has 0 fully saturated rings. The Bertz CT molecular complexity index is 1300. The average molecular weight is 449 g/mol. The van der Waals surface area contributed by atoms with E-state index in [1.165, 1.54) is 0 Å². The molecule has 4 aromatic rings. The molecule has 2 heterocycles. The first-order valence-corrected chi connectivity index (χ1v) is 10.8. The molecule has 0 atom stereocenters. The second-order valence-electron chi connectivity index (χ2n) is 7.72. The van der Waals surface area contributed by atoms with Gasteiger partial charge in [-0.15, -0.1) is 0 Å². The highest BCUT2D eigenvalue weighted by atomic mass is 35.5. The first-order valence-electron chi connectivity index (χ1n) is 10.4. The highest BCUT2D eigenvalue weighted by Gasteiger charge is 2.18. The van der Waals surface area contributed by atoms with Crippen molar-refractivity contribution in [3.05, 3.63) is 76.2 Å². The van der Waals surface area contributed by atoms with Crippen LogP contribution in [0.15, 0.2) is 48.5 Å². The van der Waals surface area contributed by atoms with Crippen molar-refractivity contribution in [1.82, 2.24) is 14.6 Å². The number of carbonyl (C=O) groups is 1. The van der Waals surface area contributed by atoms with E-state index in [1.54, 1.807) is 25.3 Å². The van der Waals surface area contributed by atoms with E-state index >= 15 is 0 Å². The monoisotopic (exact) mass is 448 g/mol. The van der Waals surface area contributed by atoms with Gasteiger partial charge in [-0.3, -0.25) is 4.79 Å². The molecule has 0 radical (unpaired) electrons. The third kappa shape index (κ3) is 4.18. The van der Waals surface area contributed by atoms with Crippen LogP contribution in [0.25, 0.3) is 16.8 Å². The third-order valence-corrected chi connectivity index (χ3v) is 5.84. The average Bonchev–Trinajstić information content (AvgIpc) is 3.10. The van der Waals surface area contributed by atoms with Gasteiger partial charge in [-0.2, -0.15) is 5.10 Å². The molecule has 0 bridgehead atoms. The van der Waals surface area contributed by atoms with Gasteiger partial charge in [0.15, 0.2) is 5.65 Å². The fourth-order valence-corrected chi connectivity index (χ4v) is 4.17. The van der Waals surface area contributed by atoms with Crippen LogP contribution in [-0.2, 0) is 11.2 Å². The van der Waals surface area contributed by atoms with Gasteiger partial charge in [0, 0.05) is 28.4 Å². The zero-order chi connectivity index (χ0) is 22.8. The summed E-state index contributed by atoms with van der Waals surface area (Å²) in [4.78, 5) is 17.5. The summed E-state index contributed by atoms with van der Waals surface area (Å²) in [6, 6.07) is 15.3. The lowest BCUT2D eigenvalue weighted by atomic mass is 10.0. The van der Waals surface area contributed by atoms with E-state index in [2.05, 4.69) is 17.4 Å². The van der Waals surface area contributed by atoms with E-state index in [0.29, 0.717) is 29.3 Å². The Morgan fingerprint density at radius 3 is 2.56 bits per heavy atom. The van der Waals surface area contributed by atoms with Gasteiger partial charge in [0.05, 0.1) is 18.5 Å². The van der Waals surface area contributed by atoms with Gasteiger partial charge in [-0.25, -0.2) is 9.50 Å². The van der Waals surface area contributed by atoms with Gasteiger partial charge in [-0.1, -0.05) is 41.9 Å². The van der Waals surface area contributed by atoms with Gasteiger partial charge >= 0.3 is 0 Å². The smallest absolute Gasteiger partial charge is 0.224 e. The van der Waals surface area contributed by atoms with E-state index in [-0.39, 0.29) is 5.91 Å². The second kappa shape index (κ2) is 9.01. The molecular formula is C25H25ClN4O2. The minimum Gasteiger partial charge on any atom is -0.495 e. The summed E-state index contributed by atoms with van der Waals surface area (Å²) in [6.07, 6.45) is 0.852. The number of anilines is 1. The summed E-state index contributed by atoms with van der Waals surface area (Å²) in [5.41, 5.74) is 7.36. The van der Waals surface area contributed by atoms with Crippen LogP contribution in [0.5, 0.6) is 5.75 Å². The predicted octanol–water partition coefficient (Wildman–Crippen LogP) is 5.55. The number of hydrogen-bond donors (Lipinski definition) is 1. The zero-order valence-corrected chi connectivity index (χ0v) is 19.3. The Morgan fingerprint density at radius 2 is 1.84 bits per heavy atom. The molecule has 1 amide bonds. The number of methoxy groups -OCH3 is 1. The van der Waals surface area contributed by atoms with Crippen molar-refractivity contribution in [2.24, 2.45) is 0 Å². The SMILES string of the molecule is COc1ccc(Cl)cc1NC(=O)CCc1c(C)nc2c(-c3ccccc3)c(C)nn2c1C. The maximum absolute atomic E-state index is 12.6. The molecule has 164 valence electrons. The fraction of sp³-hybridized carbons (Fsp3) is 0.240. The number of aryl methyl sites for hydroxylation is 3. The topological polar surface area (TPSA) is 68.5 Å². The lowest BCUT2D eigenvalue weighted by molar-refractivity contribution is -0.116. The molecule has 6 nitrogen and oxygen atoms in total. The third-order valence-electron chi connectivity index (χ3n) is 5.60. The maximum atomic E-state index is 12.6. The number of ether oxygens (including phenoxy) is 1. The maximum Gasteiger partial charge on any atom is 0.224 e. The minimum atomic E-state index is -0.119. The summed E-state index contributed by atoms with van der Waals surface area (Å²) in [5, 5.41) is 8.17. The molecule has 0 saturated carbocycles. The molecule has 0 spiro atoms. The lowest BCUT2D eigenvalue weighted by Gasteiger charge is -2.13. The number of benzene rings is 2. The van der Waals surface area contributed by atoms with Gasteiger partial charge in [0.1, 0.15) is 5.75 Å². The van der Waals surface area contributed by atoms with E-state index in [0.717, 1.165) is 39.4 Å². The number of nitrogens with one attached hydrogen (secondary N) is 1. The van der Waals surface area contributed by atoms with Crippen LogP contribution in [-0.4, -0.2) is 27.6 Å². The van der Waals surface area contributed by atoms with Gasteiger partial charge in [0.2, 0.25) is 5.91 Å². The molecule has 1 N–H and O–H groups in total. The number of aromatic nitrogens is 3. The number of halogens is 1. The van der Waals surface area contributed by atoms with Crippen molar-refractivity contribution in [3.8, 4) is 16.9 Å². The highest BCUT2D eigenvalue weighted by molar-refractivity contribution is 6.31. The molecule has 0 aliphatic carbocycles. The van der Waals surface area contributed by atoms with E-state index < -0.39 is 0 Å². The van der Waals surface area contributed by atoms with Crippen molar-refractivity contribution in [3.63, 3.8) is 0 Å². The molecule has 2 aromatic carbocycles. The Hall–Kier alpha value is -3.38. The van der Waals surface area contributed by atoms with Crippen molar-refractivity contribution in [2.75, 3.05) is 12.4 Å². The summed E-state index contributed by atoms with van der Waals surface area (Å²) in [7, 11) is 1.56. The molecule has 32 heavy (non-hydrogen) atoms. The Morgan fingerprint density at radius 1 is 1.09 bits per heavy atom. The standard InChI is InChI=1S/C25H25ClN4O2/c1-15-20(11-13-23(31)28-21-14-19(26)10-12-22(21)32-4)17(3)30-25(27-15)24(16(2)29-30)18-8-6-5-7-9-18/h5-10,12,14H,11,13H2,1-4H3,(H,28,31). The van der Waals surface area contributed by atoms with Crippen LogP contribution in [0.2, 0.25) is 5.02 Å². The molecule has 7 heteroatoms. The molecule has 0 saturated heterocycles. The molecule has 0 unspecified atom stereocenters.